The van der Waals surface area contributed by atoms with E-state index in [1.54, 1.807) is 0 Å². The summed E-state index contributed by atoms with van der Waals surface area (Å²) in [5, 5.41) is 2.91. The summed E-state index contributed by atoms with van der Waals surface area (Å²) < 4.78 is 38.8. The van der Waals surface area contributed by atoms with E-state index in [1.807, 2.05) is 66.1 Å². The molecular weight excluding hydrogens is 329 g/mol. The Morgan fingerprint density at radius 2 is 1.68 bits per heavy atom. The Balaban J connectivity index is 1.78. The van der Waals surface area contributed by atoms with Crippen molar-refractivity contribution < 1.29 is 18.0 Å². The van der Waals surface area contributed by atoms with E-state index in [2.05, 4.69) is 4.57 Å². The third kappa shape index (κ3) is 4.02. The van der Waals surface area contributed by atoms with E-state index in [1.165, 1.54) is 0 Å². The average Bonchev–Trinajstić information content (AvgIpc) is 2.93. The van der Waals surface area contributed by atoms with Gasteiger partial charge in [-0.05, 0) is 23.6 Å². The molecule has 6 heteroatoms. The van der Waals surface area contributed by atoms with Crippen LogP contribution in [0.4, 0.5) is 13.2 Å². The molecule has 0 fully saturated rings. The highest BCUT2D eigenvalue weighted by molar-refractivity contribution is 5.84. The second-order valence-electron chi connectivity index (χ2n) is 5.79. The maximum absolute atomic E-state index is 12.3. The number of para-hydroxylation sites is 1. The van der Waals surface area contributed by atoms with Gasteiger partial charge in [0.05, 0.1) is 0 Å². The number of hydrogen-bond donors (Lipinski definition) is 1. The highest BCUT2D eigenvalue weighted by atomic mass is 19.4. The Labute approximate surface area is 143 Å². The number of nitrogens with zero attached hydrogens (tertiary/aromatic N) is 1. The first-order chi connectivity index (χ1) is 11.9. The molecule has 1 aromatic heterocycles. The zero-order valence-corrected chi connectivity index (χ0v) is 13.4. The Morgan fingerprint density at radius 1 is 1.00 bits per heavy atom. The molecule has 3 rings (SSSR count). The number of hydrogen-bond acceptors (Lipinski definition) is 1. The monoisotopic (exact) mass is 346 g/mol. The lowest BCUT2D eigenvalue weighted by molar-refractivity contribution is -0.173. The fourth-order valence-corrected chi connectivity index (χ4v) is 2.84. The minimum atomic E-state index is -4.85. The molecule has 0 saturated heterocycles. The molecule has 0 radical (unpaired) electrons. The van der Waals surface area contributed by atoms with Gasteiger partial charge in [-0.25, -0.2) is 0 Å². The predicted molar refractivity (Wildman–Crippen MR) is 90.3 cm³/mol. The summed E-state index contributed by atoms with van der Waals surface area (Å²) in [5.74, 6) is -1.90. The minimum absolute atomic E-state index is 0.0578. The summed E-state index contributed by atoms with van der Waals surface area (Å²) in [6.07, 6.45) is -2.57. The number of halogens is 3. The summed E-state index contributed by atoms with van der Waals surface area (Å²) in [6, 6.07) is 17.7. The molecule has 0 unspecified atom stereocenters. The van der Waals surface area contributed by atoms with Crippen LogP contribution in [0.2, 0.25) is 0 Å². The van der Waals surface area contributed by atoms with Crippen molar-refractivity contribution in [3.8, 4) is 0 Å². The molecular formula is C19H17F3N2O. The Morgan fingerprint density at radius 3 is 2.40 bits per heavy atom. The van der Waals surface area contributed by atoms with Crippen LogP contribution in [0.3, 0.4) is 0 Å². The number of rotatable bonds is 5. The van der Waals surface area contributed by atoms with Crippen LogP contribution in [0.25, 0.3) is 10.9 Å². The number of benzene rings is 2. The normalized spacial score (nSPS) is 11.6. The second-order valence-corrected chi connectivity index (χ2v) is 5.79. The molecule has 0 saturated carbocycles. The van der Waals surface area contributed by atoms with Gasteiger partial charge in [-0.2, -0.15) is 13.2 Å². The summed E-state index contributed by atoms with van der Waals surface area (Å²) in [5.41, 5.74) is 3.07. The summed E-state index contributed by atoms with van der Waals surface area (Å²) in [4.78, 5) is 10.9. The predicted octanol–water partition coefficient (Wildman–Crippen LogP) is 3.91. The lowest BCUT2D eigenvalue weighted by Crippen LogP contribution is -2.37. The SMILES string of the molecule is O=C(NCCc1cn(Cc2ccccc2)c2ccccc12)C(F)(F)F. The first kappa shape index (κ1) is 17.1. The van der Waals surface area contributed by atoms with Crippen LogP contribution in [-0.2, 0) is 17.8 Å². The van der Waals surface area contributed by atoms with Crippen molar-refractivity contribution in [3.05, 3.63) is 71.9 Å². The van der Waals surface area contributed by atoms with Gasteiger partial charge in [0, 0.05) is 30.2 Å². The van der Waals surface area contributed by atoms with Gasteiger partial charge >= 0.3 is 12.1 Å². The lowest BCUT2D eigenvalue weighted by Gasteiger charge is -2.07. The maximum atomic E-state index is 12.3. The molecule has 0 bridgehead atoms. The van der Waals surface area contributed by atoms with Crippen LogP contribution in [0.15, 0.2) is 60.8 Å². The molecule has 1 N–H and O–H groups in total. The molecule has 0 aliphatic carbocycles. The molecule has 2 aromatic carbocycles. The quantitative estimate of drug-likeness (QED) is 0.747. The van der Waals surface area contributed by atoms with Crippen molar-refractivity contribution in [1.82, 2.24) is 9.88 Å². The van der Waals surface area contributed by atoms with Gasteiger partial charge in [-0.1, -0.05) is 48.5 Å². The lowest BCUT2D eigenvalue weighted by atomic mass is 10.1. The molecule has 1 heterocycles. The highest BCUT2D eigenvalue weighted by Crippen LogP contribution is 2.23. The molecule has 3 aromatic rings. The Bertz CT molecular complexity index is 869. The third-order valence-electron chi connectivity index (χ3n) is 4.00. The van der Waals surface area contributed by atoms with E-state index >= 15 is 0 Å². The Hall–Kier alpha value is -2.76. The molecule has 3 nitrogen and oxygen atoms in total. The smallest absolute Gasteiger partial charge is 0.348 e. The number of carbonyl (C=O) groups is 1. The van der Waals surface area contributed by atoms with E-state index in [0.717, 1.165) is 22.0 Å². The van der Waals surface area contributed by atoms with Crippen LogP contribution in [0, 0.1) is 0 Å². The number of nitrogens with one attached hydrogen (secondary N) is 1. The van der Waals surface area contributed by atoms with E-state index in [0.29, 0.717) is 13.0 Å². The zero-order chi connectivity index (χ0) is 17.9. The van der Waals surface area contributed by atoms with Crippen molar-refractivity contribution in [1.29, 1.82) is 0 Å². The van der Waals surface area contributed by atoms with E-state index in [4.69, 9.17) is 0 Å². The van der Waals surface area contributed by atoms with Crippen LogP contribution >= 0.6 is 0 Å². The molecule has 1 amide bonds. The van der Waals surface area contributed by atoms with Gasteiger partial charge in [0.2, 0.25) is 0 Å². The topological polar surface area (TPSA) is 34.0 Å². The van der Waals surface area contributed by atoms with Crippen molar-refractivity contribution in [2.45, 2.75) is 19.1 Å². The van der Waals surface area contributed by atoms with Gasteiger partial charge in [0.25, 0.3) is 0 Å². The van der Waals surface area contributed by atoms with Crippen molar-refractivity contribution >= 4 is 16.8 Å². The number of carbonyl (C=O) groups excluding carboxylic acids is 1. The number of alkyl halides is 3. The summed E-state index contributed by atoms with van der Waals surface area (Å²) in [6.45, 7) is 0.619. The number of aromatic nitrogens is 1. The Kier molecular flexibility index (Phi) is 4.79. The first-order valence-electron chi connectivity index (χ1n) is 7.91. The van der Waals surface area contributed by atoms with Gasteiger partial charge in [-0.3, -0.25) is 4.79 Å². The third-order valence-corrected chi connectivity index (χ3v) is 4.00. The average molecular weight is 346 g/mol. The van der Waals surface area contributed by atoms with Gasteiger partial charge in [0.15, 0.2) is 0 Å². The standard InChI is InChI=1S/C19H17F3N2O/c20-19(21,22)18(25)23-11-10-15-13-24(12-14-6-2-1-3-7-14)17-9-5-4-8-16(15)17/h1-9,13H,10-12H2,(H,23,25). The van der Waals surface area contributed by atoms with Gasteiger partial charge < -0.3 is 9.88 Å². The van der Waals surface area contributed by atoms with E-state index < -0.39 is 12.1 Å². The molecule has 0 atom stereocenters. The highest BCUT2D eigenvalue weighted by Gasteiger charge is 2.38. The van der Waals surface area contributed by atoms with E-state index in [9.17, 15) is 18.0 Å². The van der Waals surface area contributed by atoms with Crippen LogP contribution in [0.1, 0.15) is 11.1 Å². The fraction of sp³-hybridized carbons (Fsp3) is 0.211. The number of fused-ring (bicyclic) bond motifs is 1. The van der Waals surface area contributed by atoms with Crippen LogP contribution in [-0.4, -0.2) is 23.2 Å². The summed E-state index contributed by atoms with van der Waals surface area (Å²) >= 11 is 0. The first-order valence-corrected chi connectivity index (χ1v) is 7.91. The van der Waals surface area contributed by atoms with Crippen LogP contribution in [0.5, 0.6) is 0 Å². The molecule has 130 valence electrons. The molecule has 0 spiro atoms. The van der Waals surface area contributed by atoms with Crippen LogP contribution < -0.4 is 5.32 Å². The second kappa shape index (κ2) is 7.01. The minimum Gasteiger partial charge on any atom is -0.348 e. The summed E-state index contributed by atoms with van der Waals surface area (Å²) in [7, 11) is 0. The van der Waals surface area contributed by atoms with Crippen molar-refractivity contribution in [3.63, 3.8) is 0 Å². The zero-order valence-electron chi connectivity index (χ0n) is 13.4. The van der Waals surface area contributed by atoms with Gasteiger partial charge in [0.1, 0.15) is 0 Å². The maximum Gasteiger partial charge on any atom is 0.471 e. The largest absolute Gasteiger partial charge is 0.471 e. The van der Waals surface area contributed by atoms with Crippen molar-refractivity contribution in [2.24, 2.45) is 0 Å². The molecule has 0 aliphatic heterocycles. The number of amides is 1. The van der Waals surface area contributed by atoms with Crippen molar-refractivity contribution in [2.75, 3.05) is 6.54 Å². The fourth-order valence-electron chi connectivity index (χ4n) is 2.84. The molecule has 0 aliphatic rings. The van der Waals surface area contributed by atoms with E-state index in [-0.39, 0.29) is 6.54 Å². The molecule has 25 heavy (non-hydrogen) atoms. The van der Waals surface area contributed by atoms with Gasteiger partial charge in [-0.15, -0.1) is 0 Å².